The molecular formula is C4H4OSe. The molecule has 1 fully saturated rings. The minimum atomic E-state index is 0.664. The second kappa shape index (κ2) is 0.824. The summed E-state index contributed by atoms with van der Waals surface area (Å²) in [7, 11) is 0. The number of hydrogen-bond acceptors (Lipinski definition) is 1. The van der Waals surface area contributed by atoms with Gasteiger partial charge in [-0.1, -0.05) is 0 Å². The van der Waals surface area contributed by atoms with Crippen LogP contribution in [0.2, 0.25) is 4.82 Å². The molecule has 0 bridgehead atoms. The molecule has 0 aromatic heterocycles. The summed E-state index contributed by atoms with van der Waals surface area (Å²) in [6.07, 6.45) is 3.98. The molecule has 0 aliphatic carbocycles. The quantitative estimate of drug-likeness (QED) is 0.449. The van der Waals surface area contributed by atoms with Crippen molar-refractivity contribution in [2.45, 2.75) is 9.82 Å². The van der Waals surface area contributed by atoms with E-state index in [9.17, 15) is 0 Å². The predicted octanol–water partition coefficient (Wildman–Crippen LogP) is 0.363. The Morgan fingerprint density at radius 2 is 2.67 bits per heavy atom. The van der Waals surface area contributed by atoms with Crippen molar-refractivity contribution in [2.75, 3.05) is 0 Å². The van der Waals surface area contributed by atoms with Crippen LogP contribution in [-0.4, -0.2) is 20.0 Å². The average molecular weight is 147 g/mol. The van der Waals surface area contributed by atoms with Crippen LogP contribution in [0, 0.1) is 0 Å². The third kappa shape index (κ3) is 0.261. The summed E-state index contributed by atoms with van der Waals surface area (Å²) in [6, 6.07) is 0. The number of fused-ring (bicyclic) bond motifs is 1. The fourth-order valence-corrected chi connectivity index (χ4v) is 1.93. The molecule has 2 atom stereocenters. The second-order valence-corrected chi connectivity index (χ2v) is 4.12. The Kier molecular flexibility index (Phi) is 0.427. The third-order valence-corrected chi connectivity index (χ3v) is 3.22. The normalized spacial score (nSPS) is 48.0. The Labute approximate surface area is 42.5 Å². The Hall–Kier alpha value is 0.0595. The van der Waals surface area contributed by atoms with E-state index in [0.717, 1.165) is 19.8 Å². The van der Waals surface area contributed by atoms with Crippen LogP contribution in [0.25, 0.3) is 0 Å². The van der Waals surface area contributed by atoms with Crippen molar-refractivity contribution in [3.8, 4) is 0 Å². The zero-order valence-electron chi connectivity index (χ0n) is 3.13. The van der Waals surface area contributed by atoms with E-state index in [1.165, 1.54) is 0 Å². The summed E-state index contributed by atoms with van der Waals surface area (Å²) in [6.45, 7) is 0. The molecule has 0 radical (unpaired) electrons. The van der Waals surface area contributed by atoms with E-state index < -0.39 is 0 Å². The van der Waals surface area contributed by atoms with Crippen LogP contribution < -0.4 is 0 Å². The van der Waals surface area contributed by atoms with Crippen molar-refractivity contribution in [2.24, 2.45) is 0 Å². The standard InChI is InChI=1S/C4H4OSe/c1-2-5-4-3(1)6-4/h1-4H. The van der Waals surface area contributed by atoms with E-state index in [4.69, 9.17) is 4.74 Å². The number of ether oxygens (including phenoxy) is 1. The van der Waals surface area contributed by atoms with Crippen molar-refractivity contribution in [1.29, 1.82) is 0 Å². The fraction of sp³-hybridized carbons (Fsp3) is 0.500. The van der Waals surface area contributed by atoms with Crippen LogP contribution >= 0.6 is 0 Å². The Balaban J connectivity index is 2.26. The van der Waals surface area contributed by atoms with E-state index >= 15 is 0 Å². The molecule has 2 aliphatic rings. The van der Waals surface area contributed by atoms with Gasteiger partial charge in [-0.05, 0) is 0 Å². The molecule has 6 heavy (non-hydrogen) atoms. The Morgan fingerprint density at radius 1 is 1.67 bits per heavy atom. The molecule has 1 saturated heterocycles. The van der Waals surface area contributed by atoms with Gasteiger partial charge in [0.25, 0.3) is 0 Å². The fourth-order valence-electron chi connectivity index (χ4n) is 0.555. The summed E-state index contributed by atoms with van der Waals surface area (Å²) in [5, 5.41) is 0.664. The first-order chi connectivity index (χ1) is 2.97. The summed E-state index contributed by atoms with van der Waals surface area (Å²) in [4.78, 5) is 0.873. The molecule has 2 rings (SSSR count). The van der Waals surface area contributed by atoms with Crippen LogP contribution in [0.5, 0.6) is 0 Å². The molecule has 2 aliphatic heterocycles. The average Bonchev–Trinajstić information content (AvgIpc) is 2.17. The number of rotatable bonds is 0. The van der Waals surface area contributed by atoms with Gasteiger partial charge >= 0.3 is 41.9 Å². The zero-order valence-corrected chi connectivity index (χ0v) is 4.84. The molecule has 2 unspecified atom stereocenters. The van der Waals surface area contributed by atoms with Gasteiger partial charge in [0.15, 0.2) is 0 Å². The van der Waals surface area contributed by atoms with Crippen molar-refractivity contribution >= 4 is 15.0 Å². The van der Waals surface area contributed by atoms with E-state index in [1.807, 2.05) is 6.26 Å². The van der Waals surface area contributed by atoms with Gasteiger partial charge in [0.2, 0.25) is 0 Å². The predicted molar refractivity (Wildman–Crippen MR) is 23.5 cm³/mol. The minimum absolute atomic E-state index is 0.664. The third-order valence-electron chi connectivity index (χ3n) is 0.964. The van der Waals surface area contributed by atoms with Gasteiger partial charge in [-0.25, -0.2) is 0 Å². The first kappa shape index (κ1) is 3.11. The molecule has 0 aromatic carbocycles. The molecule has 0 N–H and O–H groups in total. The van der Waals surface area contributed by atoms with Gasteiger partial charge in [0.05, 0.1) is 0 Å². The Bertz CT molecular complexity index is 99.7. The van der Waals surface area contributed by atoms with Gasteiger partial charge in [0.1, 0.15) is 0 Å². The van der Waals surface area contributed by atoms with Crippen LogP contribution in [0.1, 0.15) is 0 Å². The summed E-state index contributed by atoms with van der Waals surface area (Å²) >= 11 is 0.828. The second-order valence-electron chi connectivity index (χ2n) is 1.43. The summed E-state index contributed by atoms with van der Waals surface area (Å²) in [5.74, 6) is 0. The topological polar surface area (TPSA) is 9.23 Å². The van der Waals surface area contributed by atoms with Crippen LogP contribution in [0.3, 0.4) is 0 Å². The van der Waals surface area contributed by atoms with Gasteiger partial charge in [-0.3, -0.25) is 0 Å². The molecule has 2 heterocycles. The van der Waals surface area contributed by atoms with E-state index in [0.29, 0.717) is 5.00 Å². The van der Waals surface area contributed by atoms with Crippen molar-refractivity contribution in [3.63, 3.8) is 0 Å². The summed E-state index contributed by atoms with van der Waals surface area (Å²) in [5.41, 5.74) is 0. The molecule has 1 nitrogen and oxygen atoms in total. The van der Waals surface area contributed by atoms with Crippen LogP contribution in [-0.2, 0) is 4.74 Å². The molecule has 0 spiro atoms. The molecule has 0 saturated carbocycles. The maximum absolute atomic E-state index is 5.07. The van der Waals surface area contributed by atoms with Crippen molar-refractivity contribution < 1.29 is 4.74 Å². The van der Waals surface area contributed by atoms with Crippen LogP contribution in [0.15, 0.2) is 12.3 Å². The molecule has 0 amide bonds. The maximum atomic E-state index is 5.07. The van der Waals surface area contributed by atoms with Crippen molar-refractivity contribution in [1.82, 2.24) is 0 Å². The van der Waals surface area contributed by atoms with E-state index in [2.05, 4.69) is 6.08 Å². The molecule has 32 valence electrons. The number of hydrogen-bond donors (Lipinski definition) is 0. The van der Waals surface area contributed by atoms with E-state index in [-0.39, 0.29) is 0 Å². The molecule has 2 heteroatoms. The Morgan fingerprint density at radius 3 is 2.83 bits per heavy atom. The van der Waals surface area contributed by atoms with Gasteiger partial charge in [0, 0.05) is 0 Å². The summed E-state index contributed by atoms with van der Waals surface area (Å²) < 4.78 is 5.07. The first-order valence-corrected chi connectivity index (χ1v) is 3.92. The van der Waals surface area contributed by atoms with Gasteiger partial charge < -0.3 is 0 Å². The monoisotopic (exact) mass is 148 g/mol. The zero-order chi connectivity index (χ0) is 3.98. The SMILES string of the molecule is C1=CC2[Se]C2O1. The molecule has 0 aromatic rings. The van der Waals surface area contributed by atoms with Crippen molar-refractivity contribution in [3.05, 3.63) is 12.3 Å². The van der Waals surface area contributed by atoms with Gasteiger partial charge in [-0.2, -0.15) is 0 Å². The van der Waals surface area contributed by atoms with Gasteiger partial charge in [-0.15, -0.1) is 0 Å². The van der Waals surface area contributed by atoms with E-state index in [1.54, 1.807) is 0 Å². The first-order valence-electron chi connectivity index (χ1n) is 1.94. The molecular weight excluding hydrogens is 143 g/mol. The van der Waals surface area contributed by atoms with Crippen LogP contribution in [0.4, 0.5) is 0 Å².